The number of rotatable bonds is 12. The number of hydrogen-bond acceptors (Lipinski definition) is 9. The summed E-state index contributed by atoms with van der Waals surface area (Å²) in [6.07, 6.45) is 0.119. The van der Waals surface area contributed by atoms with Gasteiger partial charge < -0.3 is 35.6 Å². The van der Waals surface area contributed by atoms with Crippen molar-refractivity contribution in [2.45, 2.75) is 90.1 Å². The Morgan fingerprint density at radius 3 is 2.60 bits per heavy atom. The number of thiazole rings is 1. The molecule has 1 fully saturated rings. The molecule has 4 rings (SSSR count). The van der Waals surface area contributed by atoms with Crippen molar-refractivity contribution in [1.82, 2.24) is 20.5 Å². The summed E-state index contributed by atoms with van der Waals surface area (Å²) in [5.74, 6) is -2.49. The second-order valence-corrected chi connectivity index (χ2v) is 13.0. The second-order valence-electron chi connectivity index (χ2n) is 12.1. The third kappa shape index (κ3) is 7.89. The van der Waals surface area contributed by atoms with Crippen LogP contribution in [-0.2, 0) is 25.8 Å². The van der Waals surface area contributed by atoms with Gasteiger partial charge in [-0.2, -0.15) is 0 Å². The zero-order valence-electron chi connectivity index (χ0n) is 24.7. The number of nitrogens with zero attached hydrogens (tertiary/aromatic N) is 2. The molecule has 1 saturated heterocycles. The van der Waals surface area contributed by atoms with E-state index in [1.54, 1.807) is 17.6 Å². The van der Waals surface area contributed by atoms with E-state index in [9.17, 15) is 29.4 Å². The summed E-state index contributed by atoms with van der Waals surface area (Å²) >= 11 is 1.51. The van der Waals surface area contributed by atoms with Crippen molar-refractivity contribution in [2.75, 3.05) is 13.2 Å². The molecular weight excluding hydrogens is 576 g/mol. The fraction of sp³-hybridized carbons (Fsp3) is 0.567. The summed E-state index contributed by atoms with van der Waals surface area (Å²) in [6, 6.07) is 4.41. The number of ether oxygens (including phenoxy) is 1. The molecule has 2 aliphatic heterocycles. The Balaban J connectivity index is 1.43. The Bertz CT molecular complexity index is 1340. The number of unbranched alkanes of at least 4 members (excludes halogenated alkanes) is 2. The Hall–Kier alpha value is -3.55. The van der Waals surface area contributed by atoms with Gasteiger partial charge >= 0.3 is 5.97 Å². The number of aliphatic carboxylic acids is 1. The Morgan fingerprint density at radius 1 is 1.16 bits per heavy atom. The lowest BCUT2D eigenvalue weighted by Crippen LogP contribution is -2.58. The van der Waals surface area contributed by atoms with E-state index in [-0.39, 0.29) is 31.7 Å². The second kappa shape index (κ2) is 13.8. The summed E-state index contributed by atoms with van der Waals surface area (Å²) in [6.45, 7) is 5.27. The highest BCUT2D eigenvalue weighted by Gasteiger charge is 2.43. The number of aliphatic hydroxyl groups is 2. The Labute approximate surface area is 254 Å². The average molecular weight is 617 g/mol. The van der Waals surface area contributed by atoms with E-state index >= 15 is 0 Å². The van der Waals surface area contributed by atoms with Crippen molar-refractivity contribution < 1.29 is 39.2 Å². The molecule has 5 N–H and O–H groups in total. The van der Waals surface area contributed by atoms with E-state index in [0.717, 1.165) is 16.1 Å². The van der Waals surface area contributed by atoms with E-state index in [1.165, 1.54) is 16.2 Å². The molecule has 12 nitrogen and oxygen atoms in total. The number of carboxylic acids is 1. The number of benzene rings is 1. The molecule has 234 valence electrons. The maximum Gasteiger partial charge on any atom is 0.303 e. The van der Waals surface area contributed by atoms with Crippen molar-refractivity contribution >= 4 is 35.0 Å². The van der Waals surface area contributed by atoms with Crippen LogP contribution in [0.1, 0.15) is 76.5 Å². The molecule has 43 heavy (non-hydrogen) atoms. The summed E-state index contributed by atoms with van der Waals surface area (Å²) in [7, 11) is 0. The zero-order valence-corrected chi connectivity index (χ0v) is 25.5. The van der Waals surface area contributed by atoms with Gasteiger partial charge in [0.15, 0.2) is 0 Å². The summed E-state index contributed by atoms with van der Waals surface area (Å²) in [5, 5.41) is 35.1. The molecule has 13 heteroatoms. The maximum atomic E-state index is 13.8. The van der Waals surface area contributed by atoms with Crippen LogP contribution in [0, 0.1) is 5.41 Å². The van der Waals surface area contributed by atoms with Crippen LogP contribution < -0.4 is 15.4 Å². The number of β-amino-alcohol motifs (C(OH)–C–C–N with tert-alkyl or cyclic N) is 1. The molecule has 0 spiro atoms. The highest BCUT2D eigenvalue weighted by atomic mass is 32.1. The van der Waals surface area contributed by atoms with E-state index in [0.29, 0.717) is 37.2 Å². The average Bonchev–Trinajstić information content (AvgIpc) is 3.57. The van der Waals surface area contributed by atoms with Crippen LogP contribution in [0.25, 0.3) is 10.4 Å². The van der Waals surface area contributed by atoms with Crippen LogP contribution in [0.15, 0.2) is 23.7 Å². The first-order chi connectivity index (χ1) is 20.4. The van der Waals surface area contributed by atoms with Crippen LogP contribution >= 0.6 is 11.3 Å². The molecule has 1 unspecified atom stereocenters. The quantitative estimate of drug-likeness (QED) is 0.224. The van der Waals surface area contributed by atoms with Gasteiger partial charge in [0.1, 0.15) is 24.6 Å². The Morgan fingerprint density at radius 2 is 1.91 bits per heavy atom. The molecular formula is C30H40N4O8S. The fourth-order valence-electron chi connectivity index (χ4n) is 5.38. The minimum Gasteiger partial charge on any atom is -0.487 e. The number of amides is 3. The summed E-state index contributed by atoms with van der Waals surface area (Å²) in [4.78, 5) is 57.3. The number of aliphatic hydroxyl groups excluding tert-OH is 2. The molecule has 0 aliphatic carbocycles. The van der Waals surface area contributed by atoms with Gasteiger partial charge in [0, 0.05) is 31.4 Å². The highest BCUT2D eigenvalue weighted by Crippen LogP contribution is 2.41. The number of carbonyl (C=O) groups is 4. The fourth-order valence-corrected chi connectivity index (χ4v) is 6.21. The number of carboxylic acid groups (broad SMARTS) is 1. The van der Waals surface area contributed by atoms with Crippen molar-refractivity contribution in [3.05, 3.63) is 35.0 Å². The number of fused-ring (bicyclic) bond motifs is 3. The first-order valence-corrected chi connectivity index (χ1v) is 15.4. The lowest BCUT2D eigenvalue weighted by Gasteiger charge is -2.36. The lowest BCUT2D eigenvalue weighted by molar-refractivity contribution is -0.142. The van der Waals surface area contributed by atoms with Gasteiger partial charge in [0.2, 0.25) is 17.7 Å². The van der Waals surface area contributed by atoms with Crippen LogP contribution in [0.3, 0.4) is 0 Å². The number of likely N-dealkylation sites (tertiary alicyclic amines) is 1. The number of hydrogen-bond donors (Lipinski definition) is 5. The van der Waals surface area contributed by atoms with Gasteiger partial charge in [-0.3, -0.25) is 19.2 Å². The minimum atomic E-state index is -0.939. The molecule has 2 aromatic rings. The molecule has 0 saturated carbocycles. The summed E-state index contributed by atoms with van der Waals surface area (Å²) < 4.78 is 5.84. The number of nitrogens with one attached hydrogen (secondary N) is 2. The predicted octanol–water partition coefficient (Wildman–Crippen LogP) is 2.38. The molecule has 2 aliphatic rings. The third-order valence-corrected chi connectivity index (χ3v) is 8.64. The number of aromatic nitrogens is 1. The molecule has 1 aromatic carbocycles. The van der Waals surface area contributed by atoms with Crippen molar-refractivity contribution in [3.8, 4) is 16.2 Å². The van der Waals surface area contributed by atoms with E-state index in [1.807, 2.05) is 26.8 Å². The van der Waals surface area contributed by atoms with E-state index in [4.69, 9.17) is 9.84 Å². The van der Waals surface area contributed by atoms with Crippen LogP contribution in [0.5, 0.6) is 5.75 Å². The smallest absolute Gasteiger partial charge is 0.303 e. The van der Waals surface area contributed by atoms with Crippen LogP contribution in [0.4, 0.5) is 0 Å². The van der Waals surface area contributed by atoms with Crippen LogP contribution in [-0.4, -0.2) is 80.4 Å². The minimum absolute atomic E-state index is 0.0188. The number of carbonyl (C=O) groups excluding carboxylic acids is 3. The van der Waals surface area contributed by atoms with Gasteiger partial charge in [0.25, 0.3) is 0 Å². The van der Waals surface area contributed by atoms with Gasteiger partial charge in [0.05, 0.1) is 34.7 Å². The van der Waals surface area contributed by atoms with E-state index < -0.39 is 54.0 Å². The molecule has 1 aromatic heterocycles. The maximum absolute atomic E-state index is 13.8. The third-order valence-electron chi connectivity index (χ3n) is 7.74. The molecule has 0 radical (unpaired) electrons. The van der Waals surface area contributed by atoms with E-state index in [2.05, 4.69) is 15.6 Å². The first kappa shape index (κ1) is 32.4. The molecule has 4 atom stereocenters. The molecule has 3 heterocycles. The molecule has 0 bridgehead atoms. The van der Waals surface area contributed by atoms with Gasteiger partial charge in [-0.15, -0.1) is 11.3 Å². The van der Waals surface area contributed by atoms with Crippen molar-refractivity contribution in [3.63, 3.8) is 0 Å². The lowest BCUT2D eigenvalue weighted by atomic mass is 9.85. The Kier molecular flexibility index (Phi) is 10.4. The van der Waals surface area contributed by atoms with Crippen LogP contribution in [0.2, 0.25) is 0 Å². The standard InChI is InChI=1S/C30H40N4O8S/c1-30(2,3)27(33-24(37)7-5-4-6-8-25(38)39)29(41)34-13-18(36)12-23(34)32-28(40)20(14-35)17-9-10-19-22(11-17)42-15-21-26(19)43-16-31-21/h9-11,16,18,20,23,27,35-36H,4-8,12-15H2,1-3H3,(H,32,40)(H,33,37)(H,38,39)/t18-,20?,23+,27-/m1/s1. The van der Waals surface area contributed by atoms with Gasteiger partial charge in [-0.05, 0) is 36.0 Å². The normalized spacial score (nSPS) is 19.0. The van der Waals surface area contributed by atoms with Crippen molar-refractivity contribution in [1.29, 1.82) is 0 Å². The zero-order chi connectivity index (χ0) is 31.3. The van der Waals surface area contributed by atoms with Gasteiger partial charge in [-0.25, -0.2) is 4.98 Å². The topological polar surface area (TPSA) is 178 Å². The first-order valence-electron chi connectivity index (χ1n) is 14.5. The highest BCUT2D eigenvalue weighted by molar-refractivity contribution is 7.13. The largest absolute Gasteiger partial charge is 0.487 e. The monoisotopic (exact) mass is 616 g/mol. The van der Waals surface area contributed by atoms with Gasteiger partial charge in [-0.1, -0.05) is 33.3 Å². The predicted molar refractivity (Wildman–Crippen MR) is 158 cm³/mol. The van der Waals surface area contributed by atoms with Crippen molar-refractivity contribution in [2.24, 2.45) is 5.41 Å². The SMILES string of the molecule is CC(C)(C)[C@H](NC(=O)CCCCCC(=O)O)C(=O)N1C[C@H](O)C[C@H]1NC(=O)C(CO)c1ccc2c(c1)OCc1ncsc1-2. The molecule has 3 amide bonds. The summed E-state index contributed by atoms with van der Waals surface area (Å²) in [5.41, 5.74) is 3.35.